The van der Waals surface area contributed by atoms with Crippen LogP contribution >= 0.6 is 0 Å². The second kappa shape index (κ2) is 8.28. The van der Waals surface area contributed by atoms with Crippen molar-refractivity contribution >= 4 is 15.9 Å². The van der Waals surface area contributed by atoms with Crippen LogP contribution in [0.15, 0.2) is 45.7 Å². The van der Waals surface area contributed by atoms with E-state index in [0.717, 1.165) is 5.76 Å². The molecule has 1 N–H and O–H groups in total. The maximum absolute atomic E-state index is 12.4. The van der Waals surface area contributed by atoms with Crippen LogP contribution in [0.1, 0.15) is 21.9 Å². The lowest BCUT2D eigenvalue weighted by atomic mass is 10.2. The molecule has 0 bridgehead atoms. The minimum Gasteiger partial charge on any atom is -0.464 e. The van der Waals surface area contributed by atoms with Crippen molar-refractivity contribution in [3.63, 3.8) is 0 Å². The Morgan fingerprint density at radius 2 is 1.88 bits per heavy atom. The summed E-state index contributed by atoms with van der Waals surface area (Å²) >= 11 is 0. The fourth-order valence-corrected chi connectivity index (χ4v) is 3.25. The van der Waals surface area contributed by atoms with Gasteiger partial charge in [-0.1, -0.05) is 0 Å². The zero-order valence-corrected chi connectivity index (χ0v) is 15.3. The summed E-state index contributed by atoms with van der Waals surface area (Å²) in [5.41, 5.74) is 0.404. The van der Waals surface area contributed by atoms with Gasteiger partial charge in [0.15, 0.2) is 0 Å². The van der Waals surface area contributed by atoms with E-state index in [-0.39, 0.29) is 24.0 Å². The van der Waals surface area contributed by atoms with E-state index >= 15 is 0 Å². The predicted octanol–water partition coefficient (Wildman–Crippen LogP) is 1.78. The fourth-order valence-electron chi connectivity index (χ4n) is 2.23. The first-order chi connectivity index (χ1) is 11.8. The van der Waals surface area contributed by atoms with Gasteiger partial charge in [0.25, 0.3) is 5.91 Å². The summed E-state index contributed by atoms with van der Waals surface area (Å²) in [7, 11) is -0.452. The summed E-state index contributed by atoms with van der Waals surface area (Å²) in [5.74, 6) is 1.26. The van der Waals surface area contributed by atoms with Crippen LogP contribution in [0.5, 0.6) is 0 Å². The molecular formula is C17H22N2O5S. The van der Waals surface area contributed by atoms with Gasteiger partial charge in [-0.15, -0.1) is 0 Å². The summed E-state index contributed by atoms with van der Waals surface area (Å²) in [6.07, 6.45) is 0. The molecule has 1 heterocycles. The van der Waals surface area contributed by atoms with E-state index in [1.807, 2.05) is 19.1 Å². The Labute approximate surface area is 147 Å². The van der Waals surface area contributed by atoms with E-state index in [9.17, 15) is 13.2 Å². The molecular weight excluding hydrogens is 344 g/mol. The molecule has 0 radical (unpaired) electrons. The van der Waals surface area contributed by atoms with Crippen LogP contribution in [0.25, 0.3) is 0 Å². The second-order valence-corrected chi connectivity index (χ2v) is 7.36. The summed E-state index contributed by atoms with van der Waals surface area (Å²) < 4.78 is 36.9. The van der Waals surface area contributed by atoms with Gasteiger partial charge in [-0.3, -0.25) is 4.79 Å². The molecule has 0 unspecified atom stereocenters. The van der Waals surface area contributed by atoms with Crippen LogP contribution in [0, 0.1) is 6.92 Å². The van der Waals surface area contributed by atoms with Crippen LogP contribution in [0.4, 0.5) is 0 Å². The first-order valence-electron chi connectivity index (χ1n) is 7.73. The molecule has 2 rings (SSSR count). The Morgan fingerprint density at radius 1 is 1.20 bits per heavy atom. The third-order valence-corrected chi connectivity index (χ3v) is 5.02. The molecule has 0 atom stereocenters. The number of carbonyl (C=O) groups excluding carboxylic acids is 1. The Kier molecular flexibility index (Phi) is 6.35. The highest BCUT2D eigenvalue weighted by Crippen LogP contribution is 2.14. The molecule has 0 aliphatic carbocycles. The molecule has 0 spiro atoms. The summed E-state index contributed by atoms with van der Waals surface area (Å²) in [6, 6.07) is 9.47. The van der Waals surface area contributed by atoms with Crippen molar-refractivity contribution in [2.24, 2.45) is 0 Å². The molecule has 1 aromatic heterocycles. The van der Waals surface area contributed by atoms with Crippen molar-refractivity contribution in [3.05, 3.63) is 53.5 Å². The molecule has 0 fully saturated rings. The Balaban J connectivity index is 2.04. The third kappa shape index (κ3) is 5.15. The number of aryl methyl sites for hydroxylation is 1. The Hall–Kier alpha value is -2.16. The molecule has 1 aromatic carbocycles. The van der Waals surface area contributed by atoms with Crippen LogP contribution in [0.3, 0.4) is 0 Å². The zero-order valence-electron chi connectivity index (χ0n) is 14.5. The molecule has 0 aliphatic heterocycles. The molecule has 7 nitrogen and oxygen atoms in total. The van der Waals surface area contributed by atoms with Crippen molar-refractivity contribution in [1.82, 2.24) is 9.62 Å². The average molecular weight is 366 g/mol. The predicted molar refractivity (Wildman–Crippen MR) is 92.7 cm³/mol. The highest BCUT2D eigenvalue weighted by molar-refractivity contribution is 7.89. The van der Waals surface area contributed by atoms with Crippen LogP contribution in [-0.4, -0.2) is 46.5 Å². The first-order valence-corrected chi connectivity index (χ1v) is 9.21. The maximum atomic E-state index is 12.4. The fraction of sp³-hybridized carbons (Fsp3) is 0.353. The van der Waals surface area contributed by atoms with Crippen molar-refractivity contribution in [3.8, 4) is 0 Å². The number of methoxy groups -OCH3 is 1. The lowest BCUT2D eigenvalue weighted by molar-refractivity contribution is 0.0775. The van der Waals surface area contributed by atoms with Crippen molar-refractivity contribution in [1.29, 1.82) is 0 Å². The van der Waals surface area contributed by atoms with E-state index in [0.29, 0.717) is 17.9 Å². The topological polar surface area (TPSA) is 88.8 Å². The molecule has 0 saturated heterocycles. The standard InChI is InChI=1S/C17H22N2O5S/c1-13-4-7-15(24-13)12-19(2)17(20)14-5-8-16(9-6-14)25(21,22)18-10-11-23-3/h4-9,18H,10-12H2,1-3H3. The molecule has 2 aromatic rings. The number of nitrogens with one attached hydrogen (secondary N) is 1. The third-order valence-electron chi connectivity index (χ3n) is 3.55. The number of rotatable bonds is 8. The quantitative estimate of drug-likeness (QED) is 0.720. The summed E-state index contributed by atoms with van der Waals surface area (Å²) in [6.45, 7) is 2.65. The van der Waals surface area contributed by atoms with E-state index in [1.54, 1.807) is 7.05 Å². The molecule has 0 aliphatic rings. The Bertz CT molecular complexity index is 812. The van der Waals surface area contributed by atoms with Gasteiger partial charge < -0.3 is 14.1 Å². The number of carbonyl (C=O) groups is 1. The van der Waals surface area contributed by atoms with Gasteiger partial charge in [-0.25, -0.2) is 13.1 Å². The minimum atomic E-state index is -3.61. The van der Waals surface area contributed by atoms with Gasteiger partial charge in [0.2, 0.25) is 10.0 Å². The maximum Gasteiger partial charge on any atom is 0.254 e. The van der Waals surface area contributed by atoms with Crippen LogP contribution in [0.2, 0.25) is 0 Å². The molecule has 1 amide bonds. The minimum absolute atomic E-state index is 0.101. The SMILES string of the molecule is COCCNS(=O)(=O)c1ccc(C(=O)N(C)Cc2ccc(C)o2)cc1. The number of furan rings is 1. The van der Waals surface area contributed by atoms with Crippen LogP contribution < -0.4 is 4.72 Å². The molecule has 8 heteroatoms. The van der Waals surface area contributed by atoms with E-state index < -0.39 is 10.0 Å². The monoisotopic (exact) mass is 366 g/mol. The van der Waals surface area contributed by atoms with Gasteiger partial charge in [0.1, 0.15) is 11.5 Å². The lowest BCUT2D eigenvalue weighted by Gasteiger charge is -2.16. The number of sulfonamides is 1. The molecule has 136 valence electrons. The number of benzene rings is 1. The number of amides is 1. The largest absolute Gasteiger partial charge is 0.464 e. The van der Waals surface area contributed by atoms with Gasteiger partial charge in [0.05, 0.1) is 18.0 Å². The van der Waals surface area contributed by atoms with Gasteiger partial charge in [-0.2, -0.15) is 0 Å². The normalized spacial score (nSPS) is 11.5. The van der Waals surface area contributed by atoms with Gasteiger partial charge >= 0.3 is 0 Å². The Morgan fingerprint density at radius 3 is 2.44 bits per heavy atom. The summed E-state index contributed by atoms with van der Waals surface area (Å²) in [4.78, 5) is 14.0. The summed E-state index contributed by atoms with van der Waals surface area (Å²) in [5, 5.41) is 0. The smallest absolute Gasteiger partial charge is 0.254 e. The van der Waals surface area contributed by atoms with Crippen molar-refractivity contribution in [2.45, 2.75) is 18.4 Å². The second-order valence-electron chi connectivity index (χ2n) is 5.59. The number of hydrogen-bond acceptors (Lipinski definition) is 5. The highest BCUT2D eigenvalue weighted by Gasteiger charge is 2.17. The molecule has 25 heavy (non-hydrogen) atoms. The zero-order chi connectivity index (χ0) is 18.4. The highest BCUT2D eigenvalue weighted by atomic mass is 32.2. The molecule has 0 saturated carbocycles. The van der Waals surface area contributed by atoms with Crippen LogP contribution in [-0.2, 0) is 21.3 Å². The van der Waals surface area contributed by atoms with Crippen molar-refractivity contribution < 1.29 is 22.4 Å². The number of hydrogen-bond donors (Lipinski definition) is 1. The van der Waals surface area contributed by atoms with E-state index in [1.165, 1.54) is 36.3 Å². The van der Waals surface area contributed by atoms with E-state index in [2.05, 4.69) is 4.72 Å². The number of nitrogens with zero attached hydrogens (tertiary/aromatic N) is 1. The van der Waals surface area contributed by atoms with Gasteiger partial charge in [-0.05, 0) is 43.3 Å². The van der Waals surface area contributed by atoms with Crippen molar-refractivity contribution in [2.75, 3.05) is 27.3 Å². The van der Waals surface area contributed by atoms with Gasteiger partial charge in [0, 0.05) is 26.3 Å². The van der Waals surface area contributed by atoms with E-state index in [4.69, 9.17) is 9.15 Å². The first kappa shape index (κ1) is 19.2. The average Bonchev–Trinajstić information content (AvgIpc) is 2.99. The lowest BCUT2D eigenvalue weighted by Crippen LogP contribution is -2.28. The number of ether oxygens (including phenoxy) is 1.